The Labute approximate surface area is 170 Å². The highest BCUT2D eigenvalue weighted by molar-refractivity contribution is 5.94. The molecule has 2 aromatic heterocycles. The largest absolute Gasteiger partial charge is 0.348 e. The number of carbonyl (C=O) groups excluding carboxylic acids is 1. The smallest absolute Gasteiger partial charge is 0.270 e. The monoisotopic (exact) mass is 390 g/mol. The van der Waals surface area contributed by atoms with E-state index in [2.05, 4.69) is 33.3 Å². The minimum atomic E-state index is -0.164. The lowest BCUT2D eigenvalue weighted by molar-refractivity contribution is 0.0909. The highest BCUT2D eigenvalue weighted by Gasteiger charge is 2.42. The lowest BCUT2D eigenvalue weighted by Gasteiger charge is -2.33. The SMILES string of the molecule is Cc1cccc(C2NNC3CCC(NC(=O)c4ncc(C#N)c(C)c4C)CC32)n1. The number of nitriles is 1. The van der Waals surface area contributed by atoms with Gasteiger partial charge in [-0.3, -0.25) is 15.2 Å². The Kier molecular flexibility index (Phi) is 5.31. The lowest BCUT2D eigenvalue weighted by Crippen LogP contribution is -2.44. The van der Waals surface area contributed by atoms with E-state index in [1.807, 2.05) is 32.9 Å². The highest BCUT2D eigenvalue weighted by Crippen LogP contribution is 2.37. The zero-order chi connectivity index (χ0) is 20.5. The molecule has 2 fully saturated rings. The molecule has 3 N–H and O–H groups in total. The molecule has 1 aliphatic heterocycles. The van der Waals surface area contributed by atoms with Crippen molar-refractivity contribution in [3.8, 4) is 6.07 Å². The first-order chi connectivity index (χ1) is 14.0. The molecule has 1 saturated heterocycles. The van der Waals surface area contributed by atoms with Crippen LogP contribution < -0.4 is 16.2 Å². The molecule has 4 unspecified atom stereocenters. The molecule has 1 saturated carbocycles. The molecule has 7 nitrogen and oxygen atoms in total. The third-order valence-corrected chi connectivity index (χ3v) is 6.30. The van der Waals surface area contributed by atoms with Gasteiger partial charge in [-0.25, -0.2) is 10.4 Å². The van der Waals surface area contributed by atoms with Crippen molar-refractivity contribution in [2.24, 2.45) is 5.92 Å². The van der Waals surface area contributed by atoms with Crippen LogP contribution in [0.4, 0.5) is 0 Å². The van der Waals surface area contributed by atoms with Gasteiger partial charge in [0.15, 0.2) is 0 Å². The fourth-order valence-corrected chi connectivity index (χ4v) is 4.52. The zero-order valence-corrected chi connectivity index (χ0v) is 17.0. The zero-order valence-electron chi connectivity index (χ0n) is 17.0. The van der Waals surface area contributed by atoms with Crippen LogP contribution in [-0.2, 0) is 0 Å². The Hall–Kier alpha value is -2.82. The molecule has 0 spiro atoms. The quantitative estimate of drug-likeness (QED) is 0.744. The summed E-state index contributed by atoms with van der Waals surface area (Å²) in [5.74, 6) is 0.197. The summed E-state index contributed by atoms with van der Waals surface area (Å²) in [5.41, 5.74) is 11.4. The number of pyridine rings is 2. The van der Waals surface area contributed by atoms with E-state index in [0.29, 0.717) is 23.2 Å². The predicted molar refractivity (Wildman–Crippen MR) is 109 cm³/mol. The summed E-state index contributed by atoms with van der Waals surface area (Å²) in [6.07, 6.45) is 4.27. The second-order valence-electron chi connectivity index (χ2n) is 8.11. The van der Waals surface area contributed by atoms with Gasteiger partial charge in [-0.2, -0.15) is 5.26 Å². The molecule has 7 heteroatoms. The predicted octanol–water partition coefficient (Wildman–Crippen LogP) is 2.39. The van der Waals surface area contributed by atoms with Crippen LogP contribution in [0.3, 0.4) is 0 Å². The standard InChI is InChI=1S/C22H26N6O/c1-12-5-4-6-19(25-12)21-17-9-16(7-8-18(17)27-28-21)26-22(29)20-14(3)13(2)15(10-23)11-24-20/h4-6,11,16-18,21,27-28H,7-9H2,1-3H3,(H,26,29). The molecule has 4 atom stereocenters. The Bertz CT molecular complexity index is 982. The van der Waals surface area contributed by atoms with E-state index in [1.54, 1.807) is 0 Å². The summed E-state index contributed by atoms with van der Waals surface area (Å²) in [4.78, 5) is 21.8. The summed E-state index contributed by atoms with van der Waals surface area (Å²) >= 11 is 0. The van der Waals surface area contributed by atoms with E-state index < -0.39 is 0 Å². The van der Waals surface area contributed by atoms with E-state index in [4.69, 9.17) is 10.2 Å². The summed E-state index contributed by atoms with van der Waals surface area (Å²) in [6.45, 7) is 5.70. The molecule has 0 radical (unpaired) electrons. The lowest BCUT2D eigenvalue weighted by atomic mass is 9.78. The maximum Gasteiger partial charge on any atom is 0.270 e. The van der Waals surface area contributed by atoms with E-state index in [-0.39, 0.29) is 18.0 Å². The van der Waals surface area contributed by atoms with E-state index in [1.165, 1.54) is 6.20 Å². The fraction of sp³-hybridized carbons (Fsp3) is 0.455. The number of aryl methyl sites for hydroxylation is 1. The van der Waals surface area contributed by atoms with E-state index >= 15 is 0 Å². The molecule has 2 aromatic rings. The molecule has 0 bridgehead atoms. The van der Waals surface area contributed by atoms with Crippen molar-refractivity contribution in [2.75, 3.05) is 0 Å². The number of rotatable bonds is 3. The maximum atomic E-state index is 12.9. The molecular weight excluding hydrogens is 364 g/mol. The molecule has 29 heavy (non-hydrogen) atoms. The molecule has 0 aromatic carbocycles. The summed E-state index contributed by atoms with van der Waals surface area (Å²) in [7, 11) is 0. The van der Waals surface area contributed by atoms with Gasteiger partial charge in [0.2, 0.25) is 0 Å². The number of fused-ring (bicyclic) bond motifs is 1. The van der Waals surface area contributed by atoms with Crippen LogP contribution in [-0.4, -0.2) is 28.0 Å². The number of hydrazine groups is 1. The van der Waals surface area contributed by atoms with Crippen LogP contribution in [0.2, 0.25) is 0 Å². The van der Waals surface area contributed by atoms with Crippen LogP contribution in [0.25, 0.3) is 0 Å². The molecule has 2 aliphatic rings. The van der Waals surface area contributed by atoms with Gasteiger partial charge >= 0.3 is 0 Å². The van der Waals surface area contributed by atoms with Crippen molar-refractivity contribution in [1.29, 1.82) is 5.26 Å². The first-order valence-electron chi connectivity index (χ1n) is 10.1. The number of amides is 1. The molecular formula is C22H26N6O. The summed E-state index contributed by atoms with van der Waals surface area (Å²) in [5, 5.41) is 12.3. The van der Waals surface area contributed by atoms with Gasteiger partial charge in [0, 0.05) is 24.0 Å². The van der Waals surface area contributed by atoms with Gasteiger partial charge < -0.3 is 5.32 Å². The van der Waals surface area contributed by atoms with E-state index in [9.17, 15) is 4.79 Å². The normalized spacial score (nSPS) is 25.9. The van der Waals surface area contributed by atoms with Crippen molar-refractivity contribution in [3.63, 3.8) is 0 Å². The number of nitrogens with one attached hydrogen (secondary N) is 3. The van der Waals surface area contributed by atoms with Crippen LogP contribution in [0.15, 0.2) is 24.4 Å². The van der Waals surface area contributed by atoms with Crippen molar-refractivity contribution in [3.05, 3.63) is 58.2 Å². The molecule has 3 heterocycles. The third-order valence-electron chi connectivity index (χ3n) is 6.30. The Balaban J connectivity index is 1.48. The van der Waals surface area contributed by atoms with Crippen LogP contribution >= 0.6 is 0 Å². The number of nitrogens with zero attached hydrogens (tertiary/aromatic N) is 3. The van der Waals surface area contributed by atoms with Gasteiger partial charge in [-0.1, -0.05) is 6.07 Å². The number of carbonyl (C=O) groups is 1. The average Bonchev–Trinajstić information content (AvgIpc) is 3.13. The Morgan fingerprint density at radius 2 is 2.03 bits per heavy atom. The first kappa shape index (κ1) is 19.5. The molecule has 1 aliphatic carbocycles. The van der Waals surface area contributed by atoms with Gasteiger partial charge in [0.25, 0.3) is 5.91 Å². The van der Waals surface area contributed by atoms with E-state index in [0.717, 1.165) is 41.8 Å². The van der Waals surface area contributed by atoms with Crippen LogP contribution in [0.5, 0.6) is 0 Å². The second kappa shape index (κ2) is 7.90. The molecule has 4 rings (SSSR count). The fourth-order valence-electron chi connectivity index (χ4n) is 4.52. The topological polar surface area (TPSA) is 103 Å². The molecule has 1 amide bonds. The van der Waals surface area contributed by atoms with Crippen molar-refractivity contribution >= 4 is 5.91 Å². The number of hydrogen-bond acceptors (Lipinski definition) is 6. The number of hydrogen-bond donors (Lipinski definition) is 3. The maximum absolute atomic E-state index is 12.9. The Morgan fingerprint density at radius 3 is 2.79 bits per heavy atom. The first-order valence-corrected chi connectivity index (χ1v) is 10.1. The van der Waals surface area contributed by atoms with Gasteiger partial charge in [-0.15, -0.1) is 0 Å². The van der Waals surface area contributed by atoms with Crippen LogP contribution in [0, 0.1) is 38.0 Å². The van der Waals surface area contributed by atoms with Crippen molar-refractivity contribution < 1.29 is 4.79 Å². The number of aromatic nitrogens is 2. The average molecular weight is 390 g/mol. The Morgan fingerprint density at radius 1 is 1.21 bits per heavy atom. The molecule has 150 valence electrons. The highest BCUT2D eigenvalue weighted by atomic mass is 16.1. The third kappa shape index (κ3) is 3.74. The van der Waals surface area contributed by atoms with Crippen LogP contribution in [0.1, 0.15) is 63.9 Å². The van der Waals surface area contributed by atoms with Crippen molar-refractivity contribution in [2.45, 2.75) is 58.2 Å². The van der Waals surface area contributed by atoms with Crippen molar-refractivity contribution in [1.82, 2.24) is 26.1 Å². The van der Waals surface area contributed by atoms with Gasteiger partial charge in [0.05, 0.1) is 17.3 Å². The summed E-state index contributed by atoms with van der Waals surface area (Å²) < 4.78 is 0. The van der Waals surface area contributed by atoms with Gasteiger partial charge in [-0.05, 0) is 69.2 Å². The summed E-state index contributed by atoms with van der Waals surface area (Å²) in [6, 6.07) is 8.83. The second-order valence-corrected chi connectivity index (χ2v) is 8.11. The van der Waals surface area contributed by atoms with Gasteiger partial charge in [0.1, 0.15) is 11.8 Å². The minimum absolute atomic E-state index is 0.0925. The minimum Gasteiger partial charge on any atom is -0.348 e.